The summed E-state index contributed by atoms with van der Waals surface area (Å²) in [5, 5.41) is 1.28. The Hall–Kier alpha value is -1.17. The summed E-state index contributed by atoms with van der Waals surface area (Å²) in [6.07, 6.45) is 4.50. The van der Waals surface area contributed by atoms with Crippen molar-refractivity contribution < 1.29 is 4.74 Å². The minimum absolute atomic E-state index is 0.258. The molecule has 1 aliphatic heterocycles. The summed E-state index contributed by atoms with van der Waals surface area (Å²) in [5.41, 5.74) is 8.07. The maximum Gasteiger partial charge on any atom is 0.0881 e. The molecule has 0 radical (unpaired) electrons. The number of hydrogen-bond acceptors (Lipinski definition) is 4. The van der Waals surface area contributed by atoms with Crippen molar-refractivity contribution in [3.8, 4) is 0 Å². The maximum atomic E-state index is 6.04. The fraction of sp³-hybridized carbons (Fsp3) is 0.500. The summed E-state index contributed by atoms with van der Waals surface area (Å²) in [6.45, 7) is 7.07. The number of benzene rings is 1. The summed E-state index contributed by atoms with van der Waals surface area (Å²) in [4.78, 5) is 3.69. The van der Waals surface area contributed by atoms with Gasteiger partial charge in [0.15, 0.2) is 0 Å². The predicted octanol–water partition coefficient (Wildman–Crippen LogP) is 2.67. The number of ether oxygens (including phenoxy) is 1. The van der Waals surface area contributed by atoms with E-state index in [4.69, 9.17) is 10.5 Å². The molecule has 2 heterocycles. The number of hydrogen-bond donors (Lipinski definition) is 1. The van der Waals surface area contributed by atoms with Crippen LogP contribution in [-0.4, -0.2) is 48.1 Å². The largest absolute Gasteiger partial charge is 0.399 e. The number of nitrogens with two attached hydrogens (primary N) is 1. The average molecular weight is 305 g/mol. The topological polar surface area (TPSA) is 43.4 Å². The molecule has 0 spiro atoms. The van der Waals surface area contributed by atoms with E-state index in [1.165, 1.54) is 15.8 Å². The number of nitrogens with zero attached hydrogens (tertiary/aromatic N) is 2. The molecule has 1 atom stereocenters. The molecule has 1 aromatic heterocycles. The molecule has 4 nitrogen and oxygen atoms in total. The minimum Gasteiger partial charge on any atom is -0.399 e. The molecule has 0 bridgehead atoms. The van der Waals surface area contributed by atoms with Gasteiger partial charge in [0.05, 0.1) is 24.8 Å². The SMILES string of the molecule is CCN1CCOC(Cn2ccc3c(SC)cc(N)cc32)C1. The maximum absolute atomic E-state index is 6.04. The van der Waals surface area contributed by atoms with E-state index in [1.54, 1.807) is 11.8 Å². The van der Waals surface area contributed by atoms with Crippen LogP contribution in [-0.2, 0) is 11.3 Å². The Kier molecular flexibility index (Phi) is 4.42. The number of rotatable bonds is 4. The van der Waals surface area contributed by atoms with Gasteiger partial charge in [0.1, 0.15) is 0 Å². The first-order chi connectivity index (χ1) is 10.2. The van der Waals surface area contributed by atoms with E-state index in [-0.39, 0.29) is 6.10 Å². The third-order valence-electron chi connectivity index (χ3n) is 4.16. The molecule has 0 amide bonds. The Morgan fingerprint density at radius 3 is 3.05 bits per heavy atom. The van der Waals surface area contributed by atoms with Crippen LogP contribution in [0, 0.1) is 0 Å². The fourth-order valence-corrected chi connectivity index (χ4v) is 3.65. The quantitative estimate of drug-likeness (QED) is 0.697. The Labute approximate surface area is 130 Å². The van der Waals surface area contributed by atoms with Gasteiger partial charge in [0, 0.05) is 35.3 Å². The van der Waals surface area contributed by atoms with E-state index in [0.29, 0.717) is 0 Å². The first kappa shape index (κ1) is 14.8. The molecule has 1 fully saturated rings. The third-order valence-corrected chi connectivity index (χ3v) is 4.94. The van der Waals surface area contributed by atoms with Gasteiger partial charge in [-0.05, 0) is 31.0 Å². The number of fused-ring (bicyclic) bond motifs is 1. The van der Waals surface area contributed by atoms with Gasteiger partial charge in [-0.25, -0.2) is 0 Å². The Balaban J connectivity index is 1.85. The van der Waals surface area contributed by atoms with Crippen LogP contribution in [0.4, 0.5) is 5.69 Å². The Bertz CT molecular complexity index is 625. The first-order valence-corrected chi connectivity index (χ1v) is 8.70. The summed E-state index contributed by atoms with van der Waals surface area (Å²) < 4.78 is 8.19. The van der Waals surface area contributed by atoms with Gasteiger partial charge in [-0.2, -0.15) is 0 Å². The molecular formula is C16H23N3OS. The number of aromatic nitrogens is 1. The second-order valence-corrected chi connectivity index (χ2v) is 6.36. The molecule has 21 heavy (non-hydrogen) atoms. The van der Waals surface area contributed by atoms with Crippen LogP contribution in [0.5, 0.6) is 0 Å². The lowest BCUT2D eigenvalue weighted by atomic mass is 10.2. The van der Waals surface area contributed by atoms with Crippen LogP contribution in [0.3, 0.4) is 0 Å². The van der Waals surface area contributed by atoms with E-state index in [2.05, 4.69) is 41.0 Å². The van der Waals surface area contributed by atoms with Crippen LogP contribution < -0.4 is 5.73 Å². The number of thioether (sulfide) groups is 1. The van der Waals surface area contributed by atoms with Crippen molar-refractivity contribution in [3.63, 3.8) is 0 Å². The van der Waals surface area contributed by atoms with Gasteiger partial charge in [0.2, 0.25) is 0 Å². The van der Waals surface area contributed by atoms with Crippen molar-refractivity contribution >= 4 is 28.4 Å². The molecule has 114 valence electrons. The lowest BCUT2D eigenvalue weighted by molar-refractivity contribution is -0.0337. The van der Waals surface area contributed by atoms with E-state index in [9.17, 15) is 0 Å². The normalized spacial score (nSPS) is 20.2. The van der Waals surface area contributed by atoms with Gasteiger partial charge in [-0.15, -0.1) is 11.8 Å². The van der Waals surface area contributed by atoms with Gasteiger partial charge in [-0.3, -0.25) is 4.90 Å². The van der Waals surface area contributed by atoms with Gasteiger partial charge >= 0.3 is 0 Å². The zero-order valence-corrected chi connectivity index (χ0v) is 13.5. The number of morpholine rings is 1. The van der Waals surface area contributed by atoms with Crippen LogP contribution in [0.25, 0.3) is 10.9 Å². The van der Waals surface area contributed by atoms with E-state index < -0.39 is 0 Å². The van der Waals surface area contributed by atoms with Crippen LogP contribution in [0.15, 0.2) is 29.3 Å². The highest BCUT2D eigenvalue weighted by Gasteiger charge is 2.20. The fourth-order valence-electron chi connectivity index (χ4n) is 3.01. The summed E-state index contributed by atoms with van der Waals surface area (Å²) in [6, 6.07) is 6.30. The van der Waals surface area contributed by atoms with Crippen LogP contribution in [0.2, 0.25) is 0 Å². The van der Waals surface area contributed by atoms with E-state index in [1.807, 2.05) is 6.07 Å². The monoisotopic (exact) mass is 305 g/mol. The zero-order valence-electron chi connectivity index (χ0n) is 12.7. The van der Waals surface area contributed by atoms with Crippen molar-refractivity contribution in [2.45, 2.75) is 24.5 Å². The van der Waals surface area contributed by atoms with Gasteiger partial charge in [0.25, 0.3) is 0 Å². The highest BCUT2D eigenvalue weighted by Crippen LogP contribution is 2.30. The van der Waals surface area contributed by atoms with Crippen molar-refractivity contribution in [1.82, 2.24) is 9.47 Å². The Morgan fingerprint density at radius 1 is 1.43 bits per heavy atom. The second kappa shape index (κ2) is 6.30. The molecule has 1 unspecified atom stereocenters. The molecule has 0 saturated carbocycles. The average Bonchev–Trinajstić information content (AvgIpc) is 2.89. The van der Waals surface area contributed by atoms with Crippen LogP contribution >= 0.6 is 11.8 Å². The lowest BCUT2D eigenvalue weighted by Gasteiger charge is -2.32. The predicted molar refractivity (Wildman–Crippen MR) is 90.0 cm³/mol. The number of nitrogen functional groups attached to an aromatic ring is 1. The Morgan fingerprint density at radius 2 is 2.29 bits per heavy atom. The summed E-state index contributed by atoms with van der Waals surface area (Å²) in [7, 11) is 0. The smallest absolute Gasteiger partial charge is 0.0881 e. The number of likely N-dealkylation sites (N-methyl/N-ethyl adjacent to an activating group) is 1. The van der Waals surface area contributed by atoms with Gasteiger partial charge in [-0.1, -0.05) is 6.92 Å². The molecule has 2 aromatic rings. The molecule has 0 aliphatic carbocycles. The summed E-state index contributed by atoms with van der Waals surface area (Å²) >= 11 is 1.74. The van der Waals surface area contributed by atoms with Crippen molar-refractivity contribution in [1.29, 1.82) is 0 Å². The number of anilines is 1. The minimum atomic E-state index is 0.258. The van der Waals surface area contributed by atoms with E-state index in [0.717, 1.165) is 38.5 Å². The van der Waals surface area contributed by atoms with Crippen molar-refractivity contribution in [2.24, 2.45) is 0 Å². The molecule has 1 aliphatic rings. The summed E-state index contributed by atoms with van der Waals surface area (Å²) in [5.74, 6) is 0. The molecular weight excluding hydrogens is 282 g/mol. The zero-order chi connectivity index (χ0) is 14.8. The second-order valence-electron chi connectivity index (χ2n) is 5.51. The molecule has 3 rings (SSSR count). The highest BCUT2D eigenvalue weighted by molar-refractivity contribution is 7.98. The standard InChI is InChI=1S/C16H23N3OS/c1-3-18-6-7-20-13(10-18)11-19-5-4-14-15(19)8-12(17)9-16(14)21-2/h4-5,8-9,13H,3,6-7,10-11,17H2,1-2H3. The third kappa shape index (κ3) is 3.05. The van der Waals surface area contributed by atoms with Crippen molar-refractivity contribution in [3.05, 3.63) is 24.4 Å². The lowest BCUT2D eigenvalue weighted by Crippen LogP contribution is -2.43. The molecule has 1 saturated heterocycles. The van der Waals surface area contributed by atoms with E-state index >= 15 is 0 Å². The first-order valence-electron chi connectivity index (χ1n) is 7.47. The van der Waals surface area contributed by atoms with Crippen molar-refractivity contribution in [2.75, 3.05) is 38.2 Å². The highest BCUT2D eigenvalue weighted by atomic mass is 32.2. The molecule has 1 aromatic carbocycles. The molecule has 2 N–H and O–H groups in total. The molecule has 5 heteroatoms. The van der Waals surface area contributed by atoms with Crippen LogP contribution in [0.1, 0.15) is 6.92 Å². The van der Waals surface area contributed by atoms with Gasteiger partial charge < -0.3 is 15.0 Å².